The Labute approximate surface area is 163 Å². The zero-order chi connectivity index (χ0) is 19.5. The molecular weight excluding hydrogens is 357 g/mol. The van der Waals surface area contributed by atoms with Crippen LogP contribution < -0.4 is 4.74 Å². The highest BCUT2D eigenvalue weighted by Gasteiger charge is 2.33. The predicted molar refractivity (Wildman–Crippen MR) is 104 cm³/mol. The molecule has 1 aliphatic rings. The van der Waals surface area contributed by atoms with E-state index in [0.29, 0.717) is 18.7 Å². The number of ether oxygens (including phenoxy) is 1. The highest BCUT2D eigenvalue weighted by molar-refractivity contribution is 5.94. The number of methoxy groups -OCH3 is 1. The van der Waals surface area contributed by atoms with Crippen LogP contribution in [0.3, 0.4) is 0 Å². The summed E-state index contributed by atoms with van der Waals surface area (Å²) in [4.78, 5) is 19.3. The van der Waals surface area contributed by atoms with Crippen LogP contribution in [0.15, 0.2) is 60.9 Å². The number of imidazole rings is 1. The topological polar surface area (TPSA) is 47.4 Å². The van der Waals surface area contributed by atoms with Crippen molar-refractivity contribution in [2.45, 2.75) is 32.0 Å². The highest BCUT2D eigenvalue weighted by atomic mass is 19.1. The van der Waals surface area contributed by atoms with Gasteiger partial charge in [0.25, 0.3) is 5.91 Å². The van der Waals surface area contributed by atoms with Crippen LogP contribution in [0, 0.1) is 5.82 Å². The van der Waals surface area contributed by atoms with Crippen molar-refractivity contribution in [1.29, 1.82) is 0 Å². The third-order valence-corrected chi connectivity index (χ3v) is 4.94. The molecule has 0 atom stereocenters. The van der Waals surface area contributed by atoms with Gasteiger partial charge in [-0.2, -0.15) is 0 Å². The van der Waals surface area contributed by atoms with Crippen molar-refractivity contribution in [3.8, 4) is 5.75 Å². The maximum Gasteiger partial charge on any atom is 0.254 e. The number of rotatable bonds is 7. The van der Waals surface area contributed by atoms with Gasteiger partial charge in [0, 0.05) is 30.5 Å². The minimum Gasteiger partial charge on any atom is -0.497 e. The average Bonchev–Trinajstić information content (AvgIpc) is 3.47. The summed E-state index contributed by atoms with van der Waals surface area (Å²) in [6.07, 6.45) is 5.65. The summed E-state index contributed by atoms with van der Waals surface area (Å²) in [5, 5.41) is 0. The molecule has 4 rings (SSSR count). The van der Waals surface area contributed by atoms with E-state index in [9.17, 15) is 9.18 Å². The van der Waals surface area contributed by atoms with Gasteiger partial charge in [0.15, 0.2) is 0 Å². The van der Waals surface area contributed by atoms with Crippen molar-refractivity contribution in [1.82, 2.24) is 14.5 Å². The second-order valence-electron chi connectivity index (χ2n) is 6.99. The number of carbonyl (C=O) groups excluding carboxylic acids is 1. The van der Waals surface area contributed by atoms with Gasteiger partial charge in [-0.3, -0.25) is 4.79 Å². The molecule has 0 bridgehead atoms. The molecule has 1 fully saturated rings. The Bertz CT molecular complexity index is 964. The van der Waals surface area contributed by atoms with Crippen molar-refractivity contribution >= 4 is 5.91 Å². The minimum absolute atomic E-state index is 0.0848. The summed E-state index contributed by atoms with van der Waals surface area (Å²) in [6.45, 7) is 1.08. The monoisotopic (exact) mass is 379 g/mol. The Hall–Kier alpha value is -3.15. The number of carbonyl (C=O) groups is 1. The summed E-state index contributed by atoms with van der Waals surface area (Å²) < 4.78 is 20.5. The first-order valence-electron chi connectivity index (χ1n) is 9.33. The number of hydrogen-bond donors (Lipinski definition) is 0. The number of hydrogen-bond acceptors (Lipinski definition) is 3. The van der Waals surface area contributed by atoms with Crippen molar-refractivity contribution in [2.24, 2.45) is 0 Å². The average molecular weight is 379 g/mol. The van der Waals surface area contributed by atoms with Crippen LogP contribution in [0.25, 0.3) is 0 Å². The second-order valence-corrected chi connectivity index (χ2v) is 6.99. The second kappa shape index (κ2) is 7.84. The van der Waals surface area contributed by atoms with E-state index < -0.39 is 0 Å². The lowest BCUT2D eigenvalue weighted by Gasteiger charge is -2.23. The molecule has 5 nitrogen and oxygen atoms in total. The fourth-order valence-corrected chi connectivity index (χ4v) is 3.27. The third-order valence-electron chi connectivity index (χ3n) is 4.94. The Morgan fingerprint density at radius 3 is 2.75 bits per heavy atom. The molecule has 1 aliphatic carbocycles. The number of benzene rings is 2. The van der Waals surface area contributed by atoms with Crippen molar-refractivity contribution in [2.75, 3.05) is 7.11 Å². The molecule has 1 amide bonds. The maximum absolute atomic E-state index is 13.2. The van der Waals surface area contributed by atoms with Gasteiger partial charge in [0.05, 0.1) is 13.7 Å². The largest absolute Gasteiger partial charge is 0.497 e. The molecule has 144 valence electrons. The normalized spacial score (nSPS) is 13.4. The highest BCUT2D eigenvalue weighted by Crippen LogP contribution is 2.30. The van der Waals surface area contributed by atoms with Gasteiger partial charge in [0.2, 0.25) is 0 Å². The predicted octanol–water partition coefficient (Wildman–Crippen LogP) is 3.88. The third kappa shape index (κ3) is 4.06. The van der Waals surface area contributed by atoms with Crippen LogP contribution in [-0.4, -0.2) is 33.5 Å². The zero-order valence-corrected chi connectivity index (χ0v) is 15.7. The van der Waals surface area contributed by atoms with Gasteiger partial charge >= 0.3 is 0 Å². The Morgan fingerprint density at radius 2 is 2.04 bits per heavy atom. The van der Waals surface area contributed by atoms with E-state index in [1.807, 2.05) is 39.9 Å². The Morgan fingerprint density at radius 1 is 1.25 bits per heavy atom. The van der Waals surface area contributed by atoms with E-state index in [0.717, 1.165) is 30.0 Å². The number of nitrogens with zero attached hydrogens (tertiary/aromatic N) is 3. The van der Waals surface area contributed by atoms with Crippen LogP contribution in [0.4, 0.5) is 4.39 Å². The molecule has 0 aliphatic heterocycles. The first-order valence-corrected chi connectivity index (χ1v) is 9.33. The van der Waals surface area contributed by atoms with Crippen molar-refractivity contribution in [3.05, 3.63) is 83.7 Å². The fraction of sp³-hybridized carbons (Fsp3) is 0.273. The first kappa shape index (κ1) is 18.2. The molecule has 0 spiro atoms. The molecule has 6 heteroatoms. The van der Waals surface area contributed by atoms with Crippen LogP contribution >= 0.6 is 0 Å². The molecule has 1 aromatic heterocycles. The van der Waals surface area contributed by atoms with Crippen LogP contribution in [0.2, 0.25) is 0 Å². The molecule has 0 saturated heterocycles. The summed E-state index contributed by atoms with van der Waals surface area (Å²) in [7, 11) is 1.65. The van der Waals surface area contributed by atoms with Gasteiger partial charge in [-0.05, 0) is 54.8 Å². The lowest BCUT2D eigenvalue weighted by molar-refractivity contribution is 0.0723. The molecule has 0 unspecified atom stereocenters. The number of aromatic nitrogens is 2. The summed E-state index contributed by atoms with van der Waals surface area (Å²) in [5.41, 5.74) is 1.60. The van der Waals surface area contributed by atoms with Crippen LogP contribution in [0.1, 0.15) is 34.6 Å². The SMILES string of the molecule is COc1cccc(Cn2ccnc2CN(C(=O)c2ccc(F)cc2)C2CC2)c1. The summed E-state index contributed by atoms with van der Waals surface area (Å²) in [6, 6.07) is 13.8. The van der Waals surface area contributed by atoms with Crippen LogP contribution in [-0.2, 0) is 13.1 Å². The molecular formula is C22H22FN3O2. The van der Waals surface area contributed by atoms with E-state index in [4.69, 9.17) is 4.74 Å². The van der Waals surface area contributed by atoms with Crippen LogP contribution in [0.5, 0.6) is 5.75 Å². The zero-order valence-electron chi connectivity index (χ0n) is 15.7. The molecule has 3 aromatic rings. The van der Waals surface area contributed by atoms with E-state index >= 15 is 0 Å². The molecule has 1 saturated carbocycles. The number of halogens is 1. The van der Waals surface area contributed by atoms with Gasteiger partial charge in [0.1, 0.15) is 17.4 Å². The molecule has 1 heterocycles. The van der Waals surface area contributed by atoms with Gasteiger partial charge in [-0.25, -0.2) is 9.37 Å². The fourth-order valence-electron chi connectivity index (χ4n) is 3.27. The van der Waals surface area contributed by atoms with Gasteiger partial charge in [-0.15, -0.1) is 0 Å². The lowest BCUT2D eigenvalue weighted by Crippen LogP contribution is -2.33. The number of amides is 1. The molecule has 0 radical (unpaired) electrons. The molecule has 2 aromatic carbocycles. The van der Waals surface area contributed by atoms with E-state index in [1.54, 1.807) is 13.3 Å². The van der Waals surface area contributed by atoms with Crippen molar-refractivity contribution in [3.63, 3.8) is 0 Å². The molecule has 0 N–H and O–H groups in total. The quantitative estimate of drug-likeness (QED) is 0.626. The van der Waals surface area contributed by atoms with Crippen molar-refractivity contribution < 1.29 is 13.9 Å². The smallest absolute Gasteiger partial charge is 0.254 e. The van der Waals surface area contributed by atoms with Gasteiger partial charge in [-0.1, -0.05) is 12.1 Å². The van der Waals surface area contributed by atoms with E-state index in [-0.39, 0.29) is 17.8 Å². The summed E-state index contributed by atoms with van der Waals surface area (Å²) in [5.74, 6) is 1.21. The standard InChI is InChI=1S/C22H22FN3O2/c1-28-20-4-2-3-16(13-20)14-25-12-11-24-21(25)15-26(19-9-10-19)22(27)17-5-7-18(23)8-6-17/h2-8,11-13,19H,9-10,14-15H2,1H3. The Balaban J connectivity index is 1.53. The first-order chi connectivity index (χ1) is 13.6. The van der Waals surface area contributed by atoms with Gasteiger partial charge < -0.3 is 14.2 Å². The maximum atomic E-state index is 13.2. The summed E-state index contributed by atoms with van der Waals surface area (Å²) >= 11 is 0. The molecule has 28 heavy (non-hydrogen) atoms. The Kier molecular flexibility index (Phi) is 5.10. The lowest BCUT2D eigenvalue weighted by atomic mass is 10.2. The van der Waals surface area contributed by atoms with E-state index in [1.165, 1.54) is 24.3 Å². The minimum atomic E-state index is -0.344. The van der Waals surface area contributed by atoms with E-state index in [2.05, 4.69) is 4.98 Å².